The van der Waals surface area contributed by atoms with Gasteiger partial charge in [0.15, 0.2) is 5.82 Å². The van der Waals surface area contributed by atoms with Crippen LogP contribution in [0, 0.1) is 5.82 Å². The van der Waals surface area contributed by atoms with E-state index < -0.39 is 0 Å². The highest BCUT2D eigenvalue weighted by atomic mass is 19.1. The number of rotatable bonds is 6. The zero-order valence-electron chi connectivity index (χ0n) is 19.0. The highest BCUT2D eigenvalue weighted by Gasteiger charge is 2.23. The molecule has 0 spiro atoms. The molecule has 0 saturated heterocycles. The smallest absolute Gasteiger partial charge is 0.163 e. The fourth-order valence-corrected chi connectivity index (χ4v) is 3.89. The molecule has 5 rings (SSSR count). The van der Waals surface area contributed by atoms with Gasteiger partial charge in [0.1, 0.15) is 11.6 Å². The molecule has 0 aliphatic heterocycles. The molecule has 0 unspecified atom stereocenters. The van der Waals surface area contributed by atoms with Crippen molar-refractivity contribution in [2.45, 2.75) is 19.3 Å². The SMILES string of the molecule is CC(C)(CNc1nc(-c2cccnc2)nc2ccc(-c3cccc(F)c3)cc12)c1ccccn1. The summed E-state index contributed by atoms with van der Waals surface area (Å²) in [5.41, 5.74) is 4.11. The minimum absolute atomic E-state index is 0.229. The Kier molecular flexibility index (Phi) is 5.72. The molecule has 34 heavy (non-hydrogen) atoms. The monoisotopic (exact) mass is 449 g/mol. The van der Waals surface area contributed by atoms with Gasteiger partial charge in [-0.15, -0.1) is 0 Å². The Morgan fingerprint density at radius 2 is 1.68 bits per heavy atom. The fraction of sp³-hybridized carbons (Fsp3) is 0.143. The van der Waals surface area contributed by atoms with Gasteiger partial charge in [-0.2, -0.15) is 0 Å². The summed E-state index contributed by atoms with van der Waals surface area (Å²) in [7, 11) is 0. The van der Waals surface area contributed by atoms with Crippen LogP contribution in [0.15, 0.2) is 91.4 Å². The van der Waals surface area contributed by atoms with Gasteiger partial charge in [0, 0.05) is 47.2 Å². The highest BCUT2D eigenvalue weighted by molar-refractivity contribution is 5.94. The van der Waals surface area contributed by atoms with Crippen molar-refractivity contribution >= 4 is 16.7 Å². The number of nitrogens with zero attached hydrogens (tertiary/aromatic N) is 4. The minimum Gasteiger partial charge on any atom is -0.369 e. The second-order valence-corrected chi connectivity index (χ2v) is 8.83. The molecule has 6 heteroatoms. The molecule has 0 radical (unpaired) electrons. The third kappa shape index (κ3) is 4.48. The van der Waals surface area contributed by atoms with Crippen molar-refractivity contribution in [3.63, 3.8) is 0 Å². The number of anilines is 1. The van der Waals surface area contributed by atoms with E-state index in [1.165, 1.54) is 12.1 Å². The van der Waals surface area contributed by atoms with E-state index in [0.717, 1.165) is 33.3 Å². The molecule has 0 fully saturated rings. The predicted octanol–water partition coefficient (Wildman–Crippen LogP) is 6.28. The van der Waals surface area contributed by atoms with Gasteiger partial charge in [0.05, 0.1) is 5.52 Å². The first-order chi connectivity index (χ1) is 16.5. The van der Waals surface area contributed by atoms with Crippen molar-refractivity contribution < 1.29 is 4.39 Å². The quantitative estimate of drug-likeness (QED) is 0.330. The van der Waals surface area contributed by atoms with Crippen molar-refractivity contribution in [3.8, 4) is 22.5 Å². The van der Waals surface area contributed by atoms with Crippen LogP contribution in [0.2, 0.25) is 0 Å². The lowest BCUT2D eigenvalue weighted by atomic mass is 9.88. The summed E-state index contributed by atoms with van der Waals surface area (Å²) in [6.07, 6.45) is 5.29. The maximum absolute atomic E-state index is 13.9. The number of aromatic nitrogens is 4. The molecule has 1 N–H and O–H groups in total. The van der Waals surface area contributed by atoms with Crippen molar-refractivity contribution in [3.05, 3.63) is 103 Å². The first-order valence-corrected chi connectivity index (χ1v) is 11.1. The second kappa shape index (κ2) is 8.98. The second-order valence-electron chi connectivity index (χ2n) is 8.83. The zero-order valence-corrected chi connectivity index (χ0v) is 19.0. The fourth-order valence-electron chi connectivity index (χ4n) is 3.89. The molecule has 0 aliphatic carbocycles. The summed E-state index contributed by atoms with van der Waals surface area (Å²) in [6, 6.07) is 22.3. The third-order valence-corrected chi connectivity index (χ3v) is 5.83. The van der Waals surface area contributed by atoms with Gasteiger partial charge >= 0.3 is 0 Å². The third-order valence-electron chi connectivity index (χ3n) is 5.83. The minimum atomic E-state index is -0.267. The summed E-state index contributed by atoms with van der Waals surface area (Å²) in [6.45, 7) is 4.91. The molecule has 168 valence electrons. The Morgan fingerprint density at radius 1 is 0.824 bits per heavy atom. The van der Waals surface area contributed by atoms with Crippen LogP contribution in [0.4, 0.5) is 10.2 Å². The van der Waals surface area contributed by atoms with Crippen LogP contribution in [-0.2, 0) is 5.41 Å². The molecule has 0 saturated carbocycles. The van der Waals surface area contributed by atoms with E-state index in [1.807, 2.05) is 60.8 Å². The Bertz CT molecular complexity index is 1440. The average molecular weight is 450 g/mol. The van der Waals surface area contributed by atoms with E-state index in [-0.39, 0.29) is 11.2 Å². The van der Waals surface area contributed by atoms with Crippen LogP contribution >= 0.6 is 0 Å². The molecule has 0 aliphatic rings. The van der Waals surface area contributed by atoms with Crippen LogP contribution in [0.1, 0.15) is 19.5 Å². The predicted molar refractivity (Wildman–Crippen MR) is 134 cm³/mol. The molecule has 5 aromatic rings. The summed E-state index contributed by atoms with van der Waals surface area (Å²) >= 11 is 0. The highest BCUT2D eigenvalue weighted by Crippen LogP contribution is 2.31. The van der Waals surface area contributed by atoms with E-state index in [0.29, 0.717) is 18.2 Å². The average Bonchev–Trinajstić information content (AvgIpc) is 2.88. The summed E-state index contributed by atoms with van der Waals surface area (Å²) in [4.78, 5) is 18.4. The number of halogens is 1. The molecule has 5 nitrogen and oxygen atoms in total. The number of fused-ring (bicyclic) bond motifs is 1. The van der Waals surface area contributed by atoms with E-state index in [2.05, 4.69) is 29.1 Å². The van der Waals surface area contributed by atoms with Crippen molar-refractivity contribution in [2.75, 3.05) is 11.9 Å². The molecule has 0 amide bonds. The van der Waals surface area contributed by atoms with Gasteiger partial charge < -0.3 is 5.32 Å². The van der Waals surface area contributed by atoms with Gasteiger partial charge in [-0.05, 0) is 59.7 Å². The van der Waals surface area contributed by atoms with Crippen molar-refractivity contribution in [2.24, 2.45) is 0 Å². The lowest BCUT2D eigenvalue weighted by Crippen LogP contribution is -2.29. The molecule has 0 bridgehead atoms. The number of pyridine rings is 2. The molecule has 3 aromatic heterocycles. The maximum Gasteiger partial charge on any atom is 0.163 e. The molecular formula is C28H24FN5. The zero-order chi connectivity index (χ0) is 23.5. The first-order valence-electron chi connectivity index (χ1n) is 11.1. The first kappa shape index (κ1) is 21.6. The molecule has 0 atom stereocenters. The maximum atomic E-state index is 13.9. The van der Waals surface area contributed by atoms with Gasteiger partial charge in [0.25, 0.3) is 0 Å². The van der Waals surface area contributed by atoms with Crippen LogP contribution < -0.4 is 5.32 Å². The summed E-state index contributed by atoms with van der Waals surface area (Å²) in [5.74, 6) is 1.04. The van der Waals surface area contributed by atoms with Gasteiger partial charge in [0.2, 0.25) is 0 Å². The molecule has 2 aromatic carbocycles. The van der Waals surface area contributed by atoms with Crippen LogP contribution in [0.3, 0.4) is 0 Å². The van der Waals surface area contributed by atoms with E-state index in [1.54, 1.807) is 18.5 Å². The van der Waals surface area contributed by atoms with Crippen LogP contribution in [0.5, 0.6) is 0 Å². The number of hydrogen-bond donors (Lipinski definition) is 1. The lowest BCUT2D eigenvalue weighted by molar-refractivity contribution is 0.538. The van der Waals surface area contributed by atoms with E-state index in [9.17, 15) is 4.39 Å². The van der Waals surface area contributed by atoms with Gasteiger partial charge in [-0.1, -0.05) is 38.1 Å². The Labute approximate surface area is 197 Å². The number of nitrogens with one attached hydrogen (secondary N) is 1. The summed E-state index contributed by atoms with van der Waals surface area (Å²) in [5, 5.41) is 4.41. The summed E-state index contributed by atoms with van der Waals surface area (Å²) < 4.78 is 13.9. The van der Waals surface area contributed by atoms with Crippen molar-refractivity contribution in [1.82, 2.24) is 19.9 Å². The number of benzene rings is 2. The Morgan fingerprint density at radius 3 is 2.44 bits per heavy atom. The molecule has 3 heterocycles. The Balaban J connectivity index is 1.59. The van der Waals surface area contributed by atoms with E-state index in [4.69, 9.17) is 9.97 Å². The van der Waals surface area contributed by atoms with E-state index >= 15 is 0 Å². The van der Waals surface area contributed by atoms with Crippen LogP contribution in [0.25, 0.3) is 33.4 Å². The van der Waals surface area contributed by atoms with Gasteiger partial charge in [-0.3, -0.25) is 9.97 Å². The van der Waals surface area contributed by atoms with Crippen molar-refractivity contribution in [1.29, 1.82) is 0 Å². The van der Waals surface area contributed by atoms with Gasteiger partial charge in [-0.25, -0.2) is 14.4 Å². The Hall–Kier alpha value is -4.19. The topological polar surface area (TPSA) is 63.6 Å². The molecular weight excluding hydrogens is 425 g/mol. The number of hydrogen-bond acceptors (Lipinski definition) is 5. The van der Waals surface area contributed by atoms with Crippen LogP contribution in [-0.4, -0.2) is 26.5 Å². The lowest BCUT2D eigenvalue weighted by Gasteiger charge is -2.25. The standard InChI is InChI=1S/C28H24FN5/c1-28(2,25-10-3-4-14-31-25)18-32-27-23-16-20(19-7-5-9-22(29)15-19)11-12-24(23)33-26(34-27)21-8-6-13-30-17-21/h3-17H,18H2,1-2H3,(H,32,33,34). The largest absolute Gasteiger partial charge is 0.369 e. The normalized spacial score (nSPS) is 11.5.